The summed E-state index contributed by atoms with van der Waals surface area (Å²) in [7, 11) is 2.28. The van der Waals surface area contributed by atoms with E-state index in [2.05, 4.69) is 17.8 Å². The summed E-state index contributed by atoms with van der Waals surface area (Å²) in [6, 6.07) is 0.916. The monoisotopic (exact) mass is 178 g/mol. The average molecular weight is 178 g/mol. The maximum absolute atomic E-state index is 2.50. The maximum atomic E-state index is 2.50. The Bertz CT molecular complexity index is 244. The van der Waals surface area contributed by atoms with Crippen LogP contribution in [0.4, 0.5) is 0 Å². The predicted molar refractivity (Wildman–Crippen MR) is 54.2 cm³/mol. The van der Waals surface area contributed by atoms with Crippen molar-refractivity contribution in [3.63, 3.8) is 0 Å². The number of rotatable bonds is 0. The van der Waals surface area contributed by atoms with E-state index in [4.69, 9.17) is 0 Å². The highest BCUT2D eigenvalue weighted by Crippen LogP contribution is 2.46. The summed E-state index contributed by atoms with van der Waals surface area (Å²) in [4.78, 5) is 0. The second-order valence-corrected chi connectivity index (χ2v) is 5.33. The van der Waals surface area contributed by atoms with Crippen molar-refractivity contribution in [3.8, 4) is 0 Å². The molecular weight excluding hydrogens is 158 g/mol. The first-order valence-electron chi connectivity index (χ1n) is 5.90. The molecule has 1 heterocycles. The molecule has 0 N–H and O–H groups in total. The van der Waals surface area contributed by atoms with E-state index in [0.717, 1.165) is 23.8 Å². The molecule has 0 aromatic carbocycles. The van der Waals surface area contributed by atoms with Gasteiger partial charge in [-0.25, -0.2) is 4.58 Å². The maximum Gasteiger partial charge on any atom is 0.155 e. The lowest BCUT2D eigenvalue weighted by molar-refractivity contribution is -0.537. The van der Waals surface area contributed by atoms with Gasteiger partial charge in [-0.15, -0.1) is 0 Å². The fourth-order valence-corrected chi connectivity index (χ4v) is 3.97. The topological polar surface area (TPSA) is 3.01 Å². The molecule has 72 valence electrons. The molecule has 4 atom stereocenters. The SMILES string of the molecule is C[N+]1=CCC2CC3CCCC3CC21. The number of hydrogen-bond acceptors (Lipinski definition) is 0. The predicted octanol–water partition coefficient (Wildman–Crippen LogP) is 2.30. The molecule has 0 amide bonds. The van der Waals surface area contributed by atoms with Crippen LogP contribution < -0.4 is 0 Å². The summed E-state index contributed by atoms with van der Waals surface area (Å²) in [5, 5.41) is 0. The van der Waals surface area contributed by atoms with Crippen LogP contribution in [0.15, 0.2) is 0 Å². The standard InChI is InChI=1S/C12H20N/c1-13-6-5-11-7-9-3-2-4-10(9)8-12(11)13/h6,9-12H,2-5,7-8H2,1H3/q+1. The van der Waals surface area contributed by atoms with E-state index in [0.29, 0.717) is 0 Å². The van der Waals surface area contributed by atoms with Crippen molar-refractivity contribution in [2.24, 2.45) is 17.8 Å². The molecule has 4 unspecified atom stereocenters. The van der Waals surface area contributed by atoms with Crippen molar-refractivity contribution in [1.82, 2.24) is 0 Å². The minimum Gasteiger partial charge on any atom is -0.239 e. The van der Waals surface area contributed by atoms with E-state index in [9.17, 15) is 0 Å². The third kappa shape index (κ3) is 1.16. The van der Waals surface area contributed by atoms with Gasteiger partial charge in [0.05, 0.1) is 0 Å². The minimum absolute atomic E-state index is 0.916. The Hall–Kier alpha value is -0.330. The van der Waals surface area contributed by atoms with Gasteiger partial charge in [-0.3, -0.25) is 0 Å². The van der Waals surface area contributed by atoms with Crippen LogP contribution in [0.1, 0.15) is 38.5 Å². The third-order valence-electron chi connectivity index (χ3n) is 4.73. The average Bonchev–Trinajstić information content (AvgIpc) is 2.70. The molecule has 2 fully saturated rings. The second kappa shape index (κ2) is 2.83. The van der Waals surface area contributed by atoms with Gasteiger partial charge in [0.2, 0.25) is 0 Å². The van der Waals surface area contributed by atoms with Crippen LogP contribution in [-0.4, -0.2) is 23.9 Å². The van der Waals surface area contributed by atoms with E-state index >= 15 is 0 Å². The largest absolute Gasteiger partial charge is 0.239 e. The Morgan fingerprint density at radius 3 is 2.69 bits per heavy atom. The van der Waals surface area contributed by atoms with Crippen LogP contribution in [0.5, 0.6) is 0 Å². The molecule has 0 bridgehead atoms. The normalized spacial score (nSPS) is 48.5. The zero-order chi connectivity index (χ0) is 8.84. The minimum atomic E-state index is 0.916. The van der Waals surface area contributed by atoms with E-state index in [1.807, 2.05) is 0 Å². The van der Waals surface area contributed by atoms with Gasteiger partial charge in [-0.1, -0.05) is 12.8 Å². The zero-order valence-electron chi connectivity index (χ0n) is 8.58. The summed E-state index contributed by atoms with van der Waals surface area (Å²) < 4.78 is 2.50. The first-order valence-corrected chi connectivity index (χ1v) is 5.90. The lowest BCUT2D eigenvalue weighted by Crippen LogP contribution is -2.35. The summed E-state index contributed by atoms with van der Waals surface area (Å²) in [5.74, 6) is 3.22. The fourth-order valence-electron chi connectivity index (χ4n) is 3.97. The highest BCUT2D eigenvalue weighted by Gasteiger charge is 2.45. The van der Waals surface area contributed by atoms with E-state index in [1.54, 1.807) is 0 Å². The lowest BCUT2D eigenvalue weighted by Gasteiger charge is -2.32. The number of nitrogens with zero attached hydrogens (tertiary/aromatic N) is 1. The first kappa shape index (κ1) is 8.02. The van der Waals surface area contributed by atoms with E-state index in [1.165, 1.54) is 38.5 Å². The van der Waals surface area contributed by atoms with Gasteiger partial charge >= 0.3 is 0 Å². The summed E-state index contributed by atoms with van der Waals surface area (Å²) in [5.41, 5.74) is 0. The fraction of sp³-hybridized carbons (Fsp3) is 0.917. The molecule has 2 saturated carbocycles. The van der Waals surface area contributed by atoms with E-state index in [-0.39, 0.29) is 0 Å². The van der Waals surface area contributed by atoms with Crippen LogP contribution in [0.2, 0.25) is 0 Å². The Morgan fingerprint density at radius 2 is 1.85 bits per heavy atom. The second-order valence-electron chi connectivity index (χ2n) is 5.33. The number of fused-ring (bicyclic) bond motifs is 2. The van der Waals surface area contributed by atoms with Crippen LogP contribution in [-0.2, 0) is 0 Å². The van der Waals surface area contributed by atoms with Gasteiger partial charge in [0.15, 0.2) is 6.04 Å². The Morgan fingerprint density at radius 1 is 1.08 bits per heavy atom. The Labute approximate surface area is 80.8 Å². The molecule has 1 aliphatic heterocycles. The molecular formula is C12H20N+. The van der Waals surface area contributed by atoms with Gasteiger partial charge in [-0.05, 0) is 24.7 Å². The van der Waals surface area contributed by atoms with Gasteiger partial charge in [-0.2, -0.15) is 0 Å². The van der Waals surface area contributed by atoms with Crippen LogP contribution in [0.3, 0.4) is 0 Å². The molecule has 0 aromatic rings. The molecule has 13 heavy (non-hydrogen) atoms. The summed E-state index contributed by atoms with van der Waals surface area (Å²) >= 11 is 0. The van der Waals surface area contributed by atoms with Crippen molar-refractivity contribution in [2.45, 2.75) is 44.6 Å². The highest BCUT2D eigenvalue weighted by molar-refractivity contribution is 5.53. The van der Waals surface area contributed by atoms with Crippen molar-refractivity contribution >= 4 is 6.21 Å². The van der Waals surface area contributed by atoms with Crippen LogP contribution >= 0.6 is 0 Å². The van der Waals surface area contributed by atoms with Crippen molar-refractivity contribution in [1.29, 1.82) is 0 Å². The molecule has 0 aromatic heterocycles. The smallest absolute Gasteiger partial charge is 0.155 e. The molecule has 1 heteroatoms. The molecule has 0 saturated heterocycles. The first-order chi connectivity index (χ1) is 6.34. The highest BCUT2D eigenvalue weighted by atomic mass is 15.0. The molecule has 3 aliphatic rings. The van der Waals surface area contributed by atoms with Gasteiger partial charge < -0.3 is 0 Å². The Balaban J connectivity index is 1.79. The third-order valence-corrected chi connectivity index (χ3v) is 4.73. The lowest BCUT2D eigenvalue weighted by atomic mass is 9.73. The van der Waals surface area contributed by atoms with Gasteiger partial charge in [0.25, 0.3) is 0 Å². The molecule has 0 spiro atoms. The van der Waals surface area contributed by atoms with Gasteiger partial charge in [0.1, 0.15) is 13.3 Å². The quantitative estimate of drug-likeness (QED) is 0.501. The Kier molecular flexibility index (Phi) is 1.75. The van der Waals surface area contributed by atoms with Crippen molar-refractivity contribution in [3.05, 3.63) is 0 Å². The zero-order valence-corrected chi connectivity index (χ0v) is 8.58. The van der Waals surface area contributed by atoms with Crippen molar-refractivity contribution < 1.29 is 4.58 Å². The van der Waals surface area contributed by atoms with Gasteiger partial charge in [0, 0.05) is 18.8 Å². The van der Waals surface area contributed by atoms with Crippen LogP contribution in [0.25, 0.3) is 0 Å². The van der Waals surface area contributed by atoms with Crippen LogP contribution in [0, 0.1) is 17.8 Å². The number of hydrogen-bond donors (Lipinski definition) is 0. The molecule has 1 nitrogen and oxygen atoms in total. The summed E-state index contributed by atoms with van der Waals surface area (Å²) in [6.07, 6.45) is 11.4. The van der Waals surface area contributed by atoms with E-state index < -0.39 is 0 Å². The molecule has 2 aliphatic carbocycles. The molecule has 3 rings (SSSR count). The van der Waals surface area contributed by atoms with Crippen molar-refractivity contribution in [2.75, 3.05) is 7.05 Å². The molecule has 0 radical (unpaired) electrons. The summed E-state index contributed by atoms with van der Waals surface area (Å²) in [6.45, 7) is 0.